The topological polar surface area (TPSA) is 46.6 Å². The third-order valence-corrected chi connectivity index (χ3v) is 5.47. The third kappa shape index (κ3) is 4.04. The molecule has 1 unspecified atom stereocenters. The van der Waals surface area contributed by atoms with Crippen LogP contribution in [0.15, 0.2) is 53.4 Å². The van der Waals surface area contributed by atoms with Crippen molar-refractivity contribution in [2.75, 3.05) is 18.1 Å². The Labute approximate surface area is 152 Å². The predicted molar refractivity (Wildman–Crippen MR) is 100 cm³/mol. The monoisotopic (exact) mass is 355 g/mol. The first kappa shape index (κ1) is 17.5. The zero-order valence-corrected chi connectivity index (χ0v) is 15.2. The summed E-state index contributed by atoms with van der Waals surface area (Å²) in [5.74, 6) is -0.651. The second kappa shape index (κ2) is 7.74. The Bertz CT molecular complexity index is 790. The van der Waals surface area contributed by atoms with Crippen molar-refractivity contribution in [3.05, 3.63) is 59.7 Å². The van der Waals surface area contributed by atoms with Crippen LogP contribution in [0.5, 0.6) is 0 Å². The van der Waals surface area contributed by atoms with Crippen LogP contribution < -0.4 is 4.90 Å². The van der Waals surface area contributed by atoms with Gasteiger partial charge in [-0.15, -0.1) is 11.8 Å². The molecule has 0 fully saturated rings. The Morgan fingerprint density at radius 2 is 1.88 bits per heavy atom. The van der Waals surface area contributed by atoms with Crippen molar-refractivity contribution in [2.24, 2.45) is 0 Å². The summed E-state index contributed by atoms with van der Waals surface area (Å²) in [5, 5.41) is 0.438. The number of ether oxygens (including phenoxy) is 1. The van der Waals surface area contributed by atoms with Gasteiger partial charge in [-0.05, 0) is 37.1 Å². The van der Waals surface area contributed by atoms with E-state index in [0.717, 1.165) is 22.6 Å². The van der Waals surface area contributed by atoms with Gasteiger partial charge >= 0.3 is 5.97 Å². The number of para-hydroxylation sites is 1. The quantitative estimate of drug-likeness (QED) is 0.779. The zero-order chi connectivity index (χ0) is 17.8. The van der Waals surface area contributed by atoms with E-state index in [-0.39, 0.29) is 12.5 Å². The van der Waals surface area contributed by atoms with E-state index in [1.54, 1.807) is 28.8 Å². The van der Waals surface area contributed by atoms with E-state index in [9.17, 15) is 9.59 Å². The summed E-state index contributed by atoms with van der Waals surface area (Å²) in [6.07, 6.45) is 0.900. The first-order valence-electron chi connectivity index (χ1n) is 8.35. The SMILES string of the molecule is Cc1ccccc1C(=O)OCC(=O)N1CCC(C)Sc2ccccc21. The summed E-state index contributed by atoms with van der Waals surface area (Å²) >= 11 is 1.78. The van der Waals surface area contributed by atoms with E-state index in [1.807, 2.05) is 43.3 Å². The van der Waals surface area contributed by atoms with E-state index in [2.05, 4.69) is 6.92 Å². The molecule has 0 saturated heterocycles. The molecule has 0 spiro atoms. The van der Waals surface area contributed by atoms with Gasteiger partial charge in [0, 0.05) is 16.7 Å². The van der Waals surface area contributed by atoms with Crippen LogP contribution >= 0.6 is 11.8 Å². The average molecular weight is 355 g/mol. The van der Waals surface area contributed by atoms with Gasteiger partial charge < -0.3 is 9.64 Å². The highest BCUT2D eigenvalue weighted by atomic mass is 32.2. The average Bonchev–Trinajstić information content (AvgIpc) is 2.78. The van der Waals surface area contributed by atoms with Crippen molar-refractivity contribution in [1.29, 1.82) is 0 Å². The van der Waals surface area contributed by atoms with Gasteiger partial charge in [-0.3, -0.25) is 4.79 Å². The number of hydrogen-bond acceptors (Lipinski definition) is 4. The summed E-state index contributed by atoms with van der Waals surface area (Å²) in [5.41, 5.74) is 2.23. The van der Waals surface area contributed by atoms with Gasteiger partial charge in [-0.1, -0.05) is 37.3 Å². The first-order chi connectivity index (χ1) is 12.1. The smallest absolute Gasteiger partial charge is 0.338 e. The Balaban J connectivity index is 1.71. The van der Waals surface area contributed by atoms with Crippen molar-refractivity contribution in [3.8, 4) is 0 Å². The highest BCUT2D eigenvalue weighted by Crippen LogP contribution is 2.37. The van der Waals surface area contributed by atoms with Crippen LogP contribution in [-0.2, 0) is 9.53 Å². The molecule has 2 aromatic carbocycles. The second-order valence-corrected chi connectivity index (χ2v) is 7.60. The molecule has 25 heavy (non-hydrogen) atoms. The summed E-state index contributed by atoms with van der Waals surface area (Å²) < 4.78 is 5.27. The fraction of sp³-hybridized carbons (Fsp3) is 0.300. The molecule has 0 aliphatic carbocycles. The van der Waals surface area contributed by atoms with E-state index in [1.165, 1.54) is 0 Å². The van der Waals surface area contributed by atoms with Crippen LogP contribution in [0, 0.1) is 6.92 Å². The van der Waals surface area contributed by atoms with Gasteiger partial charge in [-0.2, -0.15) is 0 Å². The lowest BCUT2D eigenvalue weighted by Gasteiger charge is -2.22. The Hall–Kier alpha value is -2.27. The highest BCUT2D eigenvalue weighted by molar-refractivity contribution is 8.00. The van der Waals surface area contributed by atoms with Gasteiger partial charge in [0.1, 0.15) is 0 Å². The maximum Gasteiger partial charge on any atom is 0.338 e. The van der Waals surface area contributed by atoms with Crippen molar-refractivity contribution in [2.45, 2.75) is 30.4 Å². The molecule has 1 amide bonds. The molecule has 1 aliphatic heterocycles. The minimum Gasteiger partial charge on any atom is -0.452 e. The number of carbonyl (C=O) groups is 2. The molecule has 0 saturated carbocycles. The molecule has 0 bridgehead atoms. The number of fused-ring (bicyclic) bond motifs is 1. The van der Waals surface area contributed by atoms with Gasteiger partial charge in [0.2, 0.25) is 0 Å². The molecule has 0 radical (unpaired) electrons. The molecule has 130 valence electrons. The number of rotatable bonds is 3. The maximum atomic E-state index is 12.7. The van der Waals surface area contributed by atoms with Gasteiger partial charge in [0.25, 0.3) is 5.91 Å². The summed E-state index contributed by atoms with van der Waals surface area (Å²) in [6.45, 7) is 4.39. The fourth-order valence-corrected chi connectivity index (χ4v) is 3.94. The van der Waals surface area contributed by atoms with E-state index in [4.69, 9.17) is 4.74 Å². The van der Waals surface area contributed by atoms with Crippen LogP contribution in [0.3, 0.4) is 0 Å². The molecular weight excluding hydrogens is 334 g/mol. The minimum atomic E-state index is -0.461. The predicted octanol–water partition coefficient (Wildman–Crippen LogP) is 4.07. The highest BCUT2D eigenvalue weighted by Gasteiger charge is 2.25. The number of carbonyl (C=O) groups excluding carboxylic acids is 2. The van der Waals surface area contributed by atoms with Crippen LogP contribution in [-0.4, -0.2) is 30.3 Å². The number of benzene rings is 2. The standard InChI is InChI=1S/C20H21NO3S/c1-14-7-3-4-8-16(14)20(23)24-13-19(22)21-12-11-15(2)25-18-10-6-5-9-17(18)21/h3-10,15H,11-13H2,1-2H3. The Morgan fingerprint density at radius 3 is 2.68 bits per heavy atom. The molecule has 3 rings (SSSR count). The van der Waals surface area contributed by atoms with E-state index >= 15 is 0 Å². The van der Waals surface area contributed by atoms with Crippen LogP contribution in [0.2, 0.25) is 0 Å². The molecular formula is C20H21NO3S. The van der Waals surface area contributed by atoms with Crippen molar-refractivity contribution >= 4 is 29.3 Å². The summed E-state index contributed by atoms with van der Waals surface area (Å²) in [4.78, 5) is 27.7. The van der Waals surface area contributed by atoms with E-state index in [0.29, 0.717) is 17.4 Å². The van der Waals surface area contributed by atoms with Crippen molar-refractivity contribution in [3.63, 3.8) is 0 Å². The van der Waals surface area contributed by atoms with Gasteiger partial charge in [0.05, 0.1) is 11.3 Å². The van der Waals surface area contributed by atoms with Crippen LogP contribution in [0.1, 0.15) is 29.3 Å². The lowest BCUT2D eigenvalue weighted by molar-refractivity contribution is -0.121. The number of nitrogens with zero attached hydrogens (tertiary/aromatic N) is 1. The Kier molecular flexibility index (Phi) is 5.43. The number of esters is 1. The molecule has 5 heteroatoms. The Morgan fingerprint density at radius 1 is 1.16 bits per heavy atom. The number of aryl methyl sites for hydroxylation is 1. The number of thioether (sulfide) groups is 1. The summed E-state index contributed by atoms with van der Waals surface area (Å²) in [7, 11) is 0. The van der Waals surface area contributed by atoms with Gasteiger partial charge in [-0.25, -0.2) is 4.79 Å². The second-order valence-electron chi connectivity index (χ2n) is 6.12. The van der Waals surface area contributed by atoms with Crippen molar-refractivity contribution < 1.29 is 14.3 Å². The normalized spacial score (nSPS) is 16.7. The van der Waals surface area contributed by atoms with Crippen molar-refractivity contribution in [1.82, 2.24) is 0 Å². The number of anilines is 1. The van der Waals surface area contributed by atoms with E-state index < -0.39 is 5.97 Å². The van der Waals surface area contributed by atoms with Gasteiger partial charge in [0.15, 0.2) is 6.61 Å². The number of hydrogen-bond donors (Lipinski definition) is 0. The molecule has 1 atom stereocenters. The lowest BCUT2D eigenvalue weighted by Crippen LogP contribution is -2.35. The van der Waals surface area contributed by atoms with Crippen LogP contribution in [0.4, 0.5) is 5.69 Å². The largest absolute Gasteiger partial charge is 0.452 e. The molecule has 2 aromatic rings. The molecule has 4 nitrogen and oxygen atoms in total. The molecule has 0 N–H and O–H groups in total. The maximum absolute atomic E-state index is 12.7. The minimum absolute atomic E-state index is 0.191. The molecule has 1 aliphatic rings. The third-order valence-electron chi connectivity index (χ3n) is 4.24. The zero-order valence-electron chi connectivity index (χ0n) is 14.4. The number of amides is 1. The molecule has 0 aromatic heterocycles. The lowest BCUT2D eigenvalue weighted by atomic mass is 10.1. The molecule has 1 heterocycles. The first-order valence-corrected chi connectivity index (χ1v) is 9.23. The van der Waals surface area contributed by atoms with Crippen LogP contribution in [0.25, 0.3) is 0 Å². The summed E-state index contributed by atoms with van der Waals surface area (Å²) in [6, 6.07) is 15.1. The fourth-order valence-electron chi connectivity index (χ4n) is 2.83.